The number of rotatable bonds is 4. The molecule has 0 aromatic heterocycles. The van der Waals surface area contributed by atoms with E-state index >= 15 is 0 Å². The van der Waals surface area contributed by atoms with Crippen LogP contribution < -0.4 is 15.4 Å². The van der Waals surface area contributed by atoms with E-state index in [0.717, 1.165) is 43.4 Å². The van der Waals surface area contributed by atoms with Crippen LogP contribution in [0.2, 0.25) is 0 Å². The molecule has 0 radical (unpaired) electrons. The number of hydrogen-bond donors (Lipinski definition) is 1. The van der Waals surface area contributed by atoms with Gasteiger partial charge in [0, 0.05) is 24.7 Å². The Morgan fingerprint density at radius 3 is 2.79 bits per heavy atom. The first-order valence-corrected chi connectivity index (χ1v) is 8.18. The van der Waals surface area contributed by atoms with Crippen molar-refractivity contribution in [2.45, 2.75) is 51.2 Å². The molecule has 2 atom stereocenters. The van der Waals surface area contributed by atoms with Crippen LogP contribution in [0.5, 0.6) is 5.75 Å². The Bertz CT molecular complexity index is 586. The molecule has 134 valence electrons. The summed E-state index contributed by atoms with van der Waals surface area (Å²) in [7, 11) is 0. The van der Waals surface area contributed by atoms with E-state index in [9.17, 15) is 13.6 Å². The number of aryl methyl sites for hydroxylation is 1. The SMILES string of the molecule is Cl.N[C@@H]1CCC[C@H]1CC(=O)N1CCCc2cc(OC(F)F)ccc21. The van der Waals surface area contributed by atoms with Gasteiger partial charge in [0.2, 0.25) is 5.91 Å². The molecule has 3 rings (SSSR count). The number of carbonyl (C=O) groups is 1. The molecule has 1 fully saturated rings. The Hall–Kier alpha value is -1.40. The van der Waals surface area contributed by atoms with Crippen molar-refractivity contribution in [3.8, 4) is 5.75 Å². The molecule has 1 heterocycles. The predicted molar refractivity (Wildman–Crippen MR) is 90.9 cm³/mol. The molecule has 1 aliphatic carbocycles. The smallest absolute Gasteiger partial charge is 0.387 e. The first kappa shape index (κ1) is 18.9. The van der Waals surface area contributed by atoms with Crippen molar-refractivity contribution in [1.82, 2.24) is 0 Å². The van der Waals surface area contributed by atoms with Gasteiger partial charge >= 0.3 is 6.61 Å². The van der Waals surface area contributed by atoms with E-state index in [1.54, 1.807) is 17.0 Å². The fourth-order valence-electron chi connectivity index (χ4n) is 3.66. The maximum atomic E-state index is 12.6. The lowest BCUT2D eigenvalue weighted by Gasteiger charge is -2.31. The summed E-state index contributed by atoms with van der Waals surface area (Å²) < 4.78 is 29.1. The fraction of sp³-hybridized carbons (Fsp3) is 0.588. The summed E-state index contributed by atoms with van der Waals surface area (Å²) in [4.78, 5) is 14.4. The minimum Gasteiger partial charge on any atom is -0.435 e. The number of nitrogens with two attached hydrogens (primary N) is 1. The van der Waals surface area contributed by atoms with E-state index in [4.69, 9.17) is 5.73 Å². The van der Waals surface area contributed by atoms with Crippen LogP contribution in [0, 0.1) is 5.92 Å². The Labute approximate surface area is 146 Å². The van der Waals surface area contributed by atoms with Gasteiger partial charge in [-0.2, -0.15) is 8.78 Å². The van der Waals surface area contributed by atoms with Gasteiger partial charge in [-0.1, -0.05) is 6.42 Å². The van der Waals surface area contributed by atoms with Crippen LogP contribution in [0.4, 0.5) is 14.5 Å². The minimum absolute atomic E-state index is 0. The van der Waals surface area contributed by atoms with Crippen LogP contribution in [-0.4, -0.2) is 25.1 Å². The van der Waals surface area contributed by atoms with E-state index in [-0.39, 0.29) is 36.0 Å². The van der Waals surface area contributed by atoms with Gasteiger partial charge in [-0.25, -0.2) is 0 Å². The highest BCUT2D eigenvalue weighted by atomic mass is 35.5. The molecule has 2 N–H and O–H groups in total. The molecule has 0 saturated heterocycles. The van der Waals surface area contributed by atoms with Crippen molar-refractivity contribution >= 4 is 24.0 Å². The Balaban J connectivity index is 0.00000208. The third-order valence-corrected chi connectivity index (χ3v) is 4.85. The molecule has 1 aliphatic heterocycles. The number of anilines is 1. The van der Waals surface area contributed by atoms with E-state index in [2.05, 4.69) is 4.74 Å². The first-order chi connectivity index (χ1) is 11.0. The lowest BCUT2D eigenvalue weighted by molar-refractivity contribution is -0.119. The molecule has 1 aromatic carbocycles. The van der Waals surface area contributed by atoms with Gasteiger partial charge in [0.25, 0.3) is 0 Å². The van der Waals surface area contributed by atoms with Crippen molar-refractivity contribution in [3.05, 3.63) is 23.8 Å². The van der Waals surface area contributed by atoms with Gasteiger partial charge in [0.1, 0.15) is 5.75 Å². The summed E-state index contributed by atoms with van der Waals surface area (Å²) in [6.45, 7) is -2.17. The largest absolute Gasteiger partial charge is 0.435 e. The van der Waals surface area contributed by atoms with Crippen LogP contribution in [0.1, 0.15) is 37.7 Å². The number of ether oxygens (including phenoxy) is 1. The Kier molecular flexibility index (Phi) is 6.40. The van der Waals surface area contributed by atoms with Crippen molar-refractivity contribution < 1.29 is 18.3 Å². The van der Waals surface area contributed by atoms with Crippen LogP contribution in [0.15, 0.2) is 18.2 Å². The van der Waals surface area contributed by atoms with Gasteiger partial charge in [0.15, 0.2) is 0 Å². The Morgan fingerprint density at radius 1 is 1.33 bits per heavy atom. The normalized spacial score (nSPS) is 22.9. The van der Waals surface area contributed by atoms with E-state index in [0.29, 0.717) is 13.0 Å². The molecule has 0 bridgehead atoms. The molecule has 7 heteroatoms. The number of carbonyl (C=O) groups excluding carboxylic acids is 1. The van der Waals surface area contributed by atoms with Crippen LogP contribution >= 0.6 is 12.4 Å². The number of hydrogen-bond acceptors (Lipinski definition) is 3. The summed E-state index contributed by atoms with van der Waals surface area (Å²) in [5.74, 6) is 0.482. The third kappa shape index (κ3) is 4.16. The number of amides is 1. The molecule has 2 aliphatic rings. The molecular weight excluding hydrogens is 338 g/mol. The highest BCUT2D eigenvalue weighted by molar-refractivity contribution is 5.94. The van der Waals surface area contributed by atoms with Crippen molar-refractivity contribution in [3.63, 3.8) is 0 Å². The summed E-state index contributed by atoms with van der Waals surface area (Å²) in [5.41, 5.74) is 7.76. The van der Waals surface area contributed by atoms with E-state index in [1.165, 1.54) is 6.07 Å². The standard InChI is InChI=1S/C17H22F2N2O2.ClH/c18-17(19)23-13-6-7-15-12(9-13)4-2-8-21(15)16(22)10-11-3-1-5-14(11)20;/h6-7,9,11,14,17H,1-5,8,10,20H2;1H/t11-,14+;/m0./s1. The molecule has 4 nitrogen and oxygen atoms in total. The van der Waals surface area contributed by atoms with Gasteiger partial charge in [-0.15, -0.1) is 12.4 Å². The molecule has 1 amide bonds. The molecule has 1 aromatic rings. The minimum atomic E-state index is -2.83. The lowest BCUT2D eigenvalue weighted by atomic mass is 9.97. The molecule has 0 unspecified atom stereocenters. The fourth-order valence-corrected chi connectivity index (χ4v) is 3.66. The molecule has 24 heavy (non-hydrogen) atoms. The van der Waals surface area contributed by atoms with E-state index in [1.807, 2.05) is 0 Å². The van der Waals surface area contributed by atoms with Gasteiger partial charge in [0.05, 0.1) is 0 Å². The van der Waals surface area contributed by atoms with Gasteiger partial charge in [-0.3, -0.25) is 4.79 Å². The summed E-state index contributed by atoms with van der Waals surface area (Å²) >= 11 is 0. The van der Waals surface area contributed by atoms with Crippen molar-refractivity contribution in [1.29, 1.82) is 0 Å². The average molecular weight is 361 g/mol. The van der Waals surface area contributed by atoms with Crippen molar-refractivity contribution in [2.75, 3.05) is 11.4 Å². The maximum absolute atomic E-state index is 12.6. The second-order valence-electron chi connectivity index (χ2n) is 6.38. The second kappa shape index (κ2) is 8.12. The Morgan fingerprint density at radius 2 is 2.12 bits per heavy atom. The predicted octanol–water partition coefficient (Wildman–Crippen LogP) is 3.51. The lowest BCUT2D eigenvalue weighted by Crippen LogP contribution is -2.38. The topological polar surface area (TPSA) is 55.6 Å². The number of halogens is 3. The zero-order chi connectivity index (χ0) is 16.4. The number of nitrogens with zero attached hydrogens (tertiary/aromatic N) is 1. The molecule has 0 spiro atoms. The summed E-state index contributed by atoms with van der Waals surface area (Å²) in [6, 6.07) is 4.93. The van der Waals surface area contributed by atoms with Gasteiger partial charge < -0.3 is 15.4 Å². The van der Waals surface area contributed by atoms with Crippen molar-refractivity contribution in [2.24, 2.45) is 11.7 Å². The maximum Gasteiger partial charge on any atom is 0.387 e. The van der Waals surface area contributed by atoms with Crippen LogP contribution in [-0.2, 0) is 11.2 Å². The molecule has 1 saturated carbocycles. The number of fused-ring (bicyclic) bond motifs is 1. The highest BCUT2D eigenvalue weighted by Gasteiger charge is 2.30. The quantitative estimate of drug-likeness (QED) is 0.894. The first-order valence-electron chi connectivity index (χ1n) is 8.18. The summed E-state index contributed by atoms with van der Waals surface area (Å²) in [6.07, 6.45) is 5.15. The summed E-state index contributed by atoms with van der Waals surface area (Å²) in [5, 5.41) is 0. The van der Waals surface area contributed by atoms with Gasteiger partial charge in [-0.05, 0) is 55.4 Å². The average Bonchev–Trinajstić information content (AvgIpc) is 2.91. The zero-order valence-electron chi connectivity index (χ0n) is 13.4. The highest BCUT2D eigenvalue weighted by Crippen LogP contribution is 2.33. The zero-order valence-corrected chi connectivity index (χ0v) is 14.2. The van der Waals surface area contributed by atoms with Crippen LogP contribution in [0.25, 0.3) is 0 Å². The second-order valence-corrected chi connectivity index (χ2v) is 6.38. The third-order valence-electron chi connectivity index (χ3n) is 4.85. The van der Waals surface area contributed by atoms with E-state index < -0.39 is 6.61 Å². The monoisotopic (exact) mass is 360 g/mol. The number of alkyl halides is 2. The molecular formula is C17H23ClF2N2O2. The van der Waals surface area contributed by atoms with Crippen LogP contribution in [0.3, 0.4) is 0 Å². The number of benzene rings is 1.